The summed E-state index contributed by atoms with van der Waals surface area (Å²) in [7, 11) is 0. The van der Waals surface area contributed by atoms with Crippen LogP contribution in [0.15, 0.2) is 71.5 Å². The Hall–Kier alpha value is -4.68. The first-order chi connectivity index (χ1) is 18.3. The Morgan fingerprint density at radius 1 is 0.923 bits per heavy atom. The second kappa shape index (κ2) is 10.2. The van der Waals surface area contributed by atoms with Crippen LogP contribution in [0.3, 0.4) is 0 Å². The second-order valence-electron chi connectivity index (χ2n) is 8.74. The van der Waals surface area contributed by atoms with Crippen molar-refractivity contribution >= 4 is 5.97 Å². The number of para-hydroxylation sites is 1. The minimum atomic E-state index is -4.61. The summed E-state index contributed by atoms with van der Waals surface area (Å²) in [5.74, 6) is -3.14. The average Bonchev–Trinajstić information content (AvgIpc) is 3.18. The largest absolute Gasteiger partial charge is 0.486 e. The number of carbonyl (C=O) groups is 1. The van der Waals surface area contributed by atoms with Crippen LogP contribution in [-0.4, -0.2) is 31.0 Å². The molecule has 39 heavy (non-hydrogen) atoms. The highest BCUT2D eigenvalue weighted by Crippen LogP contribution is 2.29. The molecule has 0 saturated carbocycles. The number of nitrogens with zero attached hydrogens (tertiary/aromatic N) is 3. The van der Waals surface area contributed by atoms with Crippen molar-refractivity contribution < 1.29 is 41.3 Å². The first-order valence-electron chi connectivity index (χ1n) is 11.3. The zero-order chi connectivity index (χ0) is 28.5. The standard InChI is InChI=1S/C26H20F5N3O5/c1-25(2,23(35)36)39-18-12-10-17(11-13-18)38-14-21-32-34(16-8-6-15(7-9-16)26(29,30)31)24(37)33(21)22-19(27)4-3-5-20(22)28/h3-13H,14H2,1-2H3,(H,35,36). The smallest absolute Gasteiger partial charge is 0.416 e. The third-order valence-electron chi connectivity index (χ3n) is 5.53. The molecule has 3 aromatic carbocycles. The molecule has 1 aromatic heterocycles. The number of carboxylic acid groups (broad SMARTS) is 1. The van der Waals surface area contributed by atoms with Gasteiger partial charge in [-0.25, -0.2) is 22.9 Å². The number of halogens is 5. The molecule has 13 heteroatoms. The predicted octanol–water partition coefficient (Wildman–Crippen LogP) is 5.14. The van der Waals surface area contributed by atoms with Crippen LogP contribution in [0.2, 0.25) is 0 Å². The summed E-state index contributed by atoms with van der Waals surface area (Å²) in [5, 5.41) is 13.3. The van der Waals surface area contributed by atoms with Crippen molar-refractivity contribution in [3.63, 3.8) is 0 Å². The Morgan fingerprint density at radius 3 is 2.03 bits per heavy atom. The van der Waals surface area contributed by atoms with Crippen molar-refractivity contribution in [1.82, 2.24) is 14.3 Å². The summed E-state index contributed by atoms with van der Waals surface area (Å²) in [4.78, 5) is 24.5. The molecule has 1 N–H and O–H groups in total. The van der Waals surface area contributed by atoms with Gasteiger partial charge in [0.25, 0.3) is 0 Å². The Bertz CT molecular complexity index is 1540. The Labute approximate surface area is 217 Å². The van der Waals surface area contributed by atoms with E-state index in [1.807, 2.05) is 0 Å². The number of ether oxygens (including phenoxy) is 2. The quantitative estimate of drug-likeness (QED) is 0.306. The molecule has 0 unspecified atom stereocenters. The van der Waals surface area contributed by atoms with E-state index in [-0.39, 0.29) is 23.0 Å². The maximum absolute atomic E-state index is 14.6. The molecule has 0 bridgehead atoms. The summed E-state index contributed by atoms with van der Waals surface area (Å²) in [6, 6.07) is 12.2. The van der Waals surface area contributed by atoms with Crippen LogP contribution in [0.25, 0.3) is 11.4 Å². The molecule has 0 saturated heterocycles. The Kier molecular flexibility index (Phi) is 7.18. The summed E-state index contributed by atoms with van der Waals surface area (Å²) < 4.78 is 80.5. The normalized spacial score (nSPS) is 11.9. The van der Waals surface area contributed by atoms with Gasteiger partial charge in [0.15, 0.2) is 11.4 Å². The summed E-state index contributed by atoms with van der Waals surface area (Å²) in [6.45, 7) is 2.26. The molecule has 1 heterocycles. The predicted molar refractivity (Wildman–Crippen MR) is 127 cm³/mol. The highest BCUT2D eigenvalue weighted by molar-refractivity contribution is 5.76. The van der Waals surface area contributed by atoms with Gasteiger partial charge in [-0.1, -0.05) is 6.07 Å². The lowest BCUT2D eigenvalue weighted by atomic mass is 10.1. The molecule has 8 nitrogen and oxygen atoms in total. The SMILES string of the molecule is CC(C)(Oc1ccc(OCc2nn(-c3ccc(C(F)(F)F)cc3)c(=O)n2-c2c(F)cccc2F)cc1)C(=O)O. The zero-order valence-corrected chi connectivity index (χ0v) is 20.4. The molecule has 0 spiro atoms. The topological polar surface area (TPSA) is 95.6 Å². The lowest BCUT2D eigenvalue weighted by Gasteiger charge is -2.21. The van der Waals surface area contributed by atoms with Crippen LogP contribution in [0.5, 0.6) is 11.5 Å². The van der Waals surface area contributed by atoms with Crippen LogP contribution < -0.4 is 15.2 Å². The molecule has 204 valence electrons. The minimum absolute atomic E-state index is 0.0766. The van der Waals surface area contributed by atoms with E-state index in [0.29, 0.717) is 9.25 Å². The molecule has 0 amide bonds. The third kappa shape index (κ3) is 5.76. The van der Waals surface area contributed by atoms with Crippen molar-refractivity contribution in [3.05, 3.63) is 100 Å². The minimum Gasteiger partial charge on any atom is -0.486 e. The highest BCUT2D eigenvalue weighted by atomic mass is 19.4. The number of benzene rings is 3. The Morgan fingerprint density at radius 2 is 1.49 bits per heavy atom. The third-order valence-corrected chi connectivity index (χ3v) is 5.53. The van der Waals surface area contributed by atoms with Gasteiger partial charge in [-0.15, -0.1) is 5.10 Å². The van der Waals surface area contributed by atoms with Gasteiger partial charge in [0.1, 0.15) is 35.4 Å². The van der Waals surface area contributed by atoms with Gasteiger partial charge in [-0.2, -0.15) is 17.9 Å². The molecule has 4 aromatic rings. The molecular formula is C26H20F5N3O5. The number of carboxylic acids is 1. The van der Waals surface area contributed by atoms with E-state index < -0.39 is 52.9 Å². The van der Waals surface area contributed by atoms with Crippen LogP contribution in [0, 0.1) is 11.6 Å². The molecule has 0 radical (unpaired) electrons. The van der Waals surface area contributed by atoms with E-state index in [0.717, 1.165) is 42.5 Å². The van der Waals surface area contributed by atoms with Crippen molar-refractivity contribution in [2.75, 3.05) is 0 Å². The van der Waals surface area contributed by atoms with Gasteiger partial charge >= 0.3 is 17.8 Å². The fourth-order valence-corrected chi connectivity index (χ4v) is 3.48. The van der Waals surface area contributed by atoms with Crippen molar-refractivity contribution in [2.24, 2.45) is 0 Å². The van der Waals surface area contributed by atoms with Gasteiger partial charge < -0.3 is 14.6 Å². The monoisotopic (exact) mass is 549 g/mol. The fraction of sp³-hybridized carbons (Fsp3) is 0.192. The van der Waals surface area contributed by atoms with Gasteiger partial charge in [-0.05, 0) is 74.5 Å². The molecule has 0 aliphatic carbocycles. The van der Waals surface area contributed by atoms with E-state index in [4.69, 9.17) is 9.47 Å². The molecule has 0 aliphatic heterocycles. The number of alkyl halides is 3. The summed E-state index contributed by atoms with van der Waals surface area (Å²) in [6.07, 6.45) is -4.61. The second-order valence-corrected chi connectivity index (χ2v) is 8.74. The fourth-order valence-electron chi connectivity index (χ4n) is 3.48. The number of aromatic nitrogens is 3. The highest BCUT2D eigenvalue weighted by Gasteiger charge is 2.31. The van der Waals surface area contributed by atoms with Crippen molar-refractivity contribution in [3.8, 4) is 22.9 Å². The maximum atomic E-state index is 14.6. The average molecular weight is 549 g/mol. The van der Waals surface area contributed by atoms with Gasteiger partial charge in [0.05, 0.1) is 11.3 Å². The summed E-state index contributed by atoms with van der Waals surface area (Å²) >= 11 is 0. The van der Waals surface area contributed by atoms with Crippen LogP contribution in [-0.2, 0) is 17.6 Å². The molecule has 0 aliphatic rings. The van der Waals surface area contributed by atoms with Gasteiger partial charge in [0.2, 0.25) is 0 Å². The molecular weight excluding hydrogens is 529 g/mol. The number of rotatable bonds is 8. The maximum Gasteiger partial charge on any atom is 0.416 e. The lowest BCUT2D eigenvalue weighted by molar-refractivity contribution is -0.152. The molecule has 0 fully saturated rings. The van der Waals surface area contributed by atoms with Crippen LogP contribution in [0.4, 0.5) is 22.0 Å². The lowest BCUT2D eigenvalue weighted by Crippen LogP contribution is -2.37. The Balaban J connectivity index is 1.68. The number of hydrogen-bond donors (Lipinski definition) is 1. The van der Waals surface area contributed by atoms with Crippen LogP contribution >= 0.6 is 0 Å². The summed E-state index contributed by atoms with van der Waals surface area (Å²) in [5.41, 5.74) is -4.31. The van der Waals surface area contributed by atoms with E-state index in [9.17, 15) is 36.6 Å². The zero-order valence-electron chi connectivity index (χ0n) is 20.4. The van der Waals surface area contributed by atoms with Crippen molar-refractivity contribution in [1.29, 1.82) is 0 Å². The van der Waals surface area contributed by atoms with E-state index in [2.05, 4.69) is 5.10 Å². The first kappa shape index (κ1) is 27.4. The first-order valence-corrected chi connectivity index (χ1v) is 11.3. The van der Waals surface area contributed by atoms with Gasteiger partial charge in [0, 0.05) is 0 Å². The molecule has 4 rings (SSSR count). The van der Waals surface area contributed by atoms with E-state index in [1.165, 1.54) is 38.1 Å². The molecule has 0 atom stereocenters. The van der Waals surface area contributed by atoms with Crippen LogP contribution in [0.1, 0.15) is 25.2 Å². The van der Waals surface area contributed by atoms with Crippen molar-refractivity contribution in [2.45, 2.75) is 32.2 Å². The number of aliphatic carboxylic acids is 1. The number of hydrogen-bond acceptors (Lipinski definition) is 5. The van der Waals surface area contributed by atoms with E-state index >= 15 is 0 Å². The van der Waals surface area contributed by atoms with Gasteiger partial charge in [-0.3, -0.25) is 0 Å². The van der Waals surface area contributed by atoms with E-state index in [1.54, 1.807) is 0 Å².